The van der Waals surface area contributed by atoms with E-state index >= 15 is 0 Å². The Hall–Kier alpha value is -0.730. The van der Waals surface area contributed by atoms with Crippen molar-refractivity contribution in [2.24, 2.45) is 5.92 Å². The Morgan fingerprint density at radius 3 is 2.44 bits per heavy atom. The minimum Gasteiger partial charge on any atom is -0.493 e. The third kappa shape index (κ3) is 4.18. The van der Waals surface area contributed by atoms with Gasteiger partial charge < -0.3 is 10.1 Å². The molecule has 0 bridgehead atoms. The minimum absolute atomic E-state index is 0.255. The number of hydrogen-bond donors (Lipinski definition) is 1. The Balaban J connectivity index is 2.67. The molecule has 0 aliphatic rings. The first-order chi connectivity index (χ1) is 8.62. The fourth-order valence-electron chi connectivity index (χ4n) is 1.84. The molecule has 18 heavy (non-hydrogen) atoms. The van der Waals surface area contributed by atoms with Crippen LogP contribution in [0.3, 0.4) is 0 Å². The van der Waals surface area contributed by atoms with Gasteiger partial charge in [-0.2, -0.15) is 0 Å². The first kappa shape index (κ1) is 15.3. The zero-order valence-corrected chi connectivity index (χ0v) is 12.6. The molecule has 1 rings (SSSR count). The molecule has 0 aliphatic carbocycles. The summed E-state index contributed by atoms with van der Waals surface area (Å²) >= 11 is 6.27. The largest absolute Gasteiger partial charge is 0.493 e. The molecule has 1 aromatic carbocycles. The summed E-state index contributed by atoms with van der Waals surface area (Å²) in [5.74, 6) is 1.48. The number of rotatable bonds is 7. The van der Waals surface area contributed by atoms with E-state index in [9.17, 15) is 0 Å². The van der Waals surface area contributed by atoms with Crippen LogP contribution in [-0.2, 0) is 0 Å². The second kappa shape index (κ2) is 7.65. The van der Waals surface area contributed by atoms with Crippen molar-refractivity contribution in [2.75, 3.05) is 13.7 Å². The van der Waals surface area contributed by atoms with Gasteiger partial charge in [-0.15, -0.1) is 0 Å². The van der Waals surface area contributed by atoms with Gasteiger partial charge in [-0.1, -0.05) is 44.4 Å². The summed E-state index contributed by atoms with van der Waals surface area (Å²) in [4.78, 5) is 0. The van der Waals surface area contributed by atoms with Crippen molar-refractivity contribution >= 4 is 11.6 Å². The van der Waals surface area contributed by atoms with Crippen LogP contribution in [0.25, 0.3) is 0 Å². The summed E-state index contributed by atoms with van der Waals surface area (Å²) in [6.45, 7) is 7.25. The highest BCUT2D eigenvalue weighted by Crippen LogP contribution is 2.27. The van der Waals surface area contributed by atoms with Gasteiger partial charge in [0.15, 0.2) is 0 Å². The van der Waals surface area contributed by atoms with Crippen molar-refractivity contribution in [1.82, 2.24) is 5.32 Å². The highest BCUT2D eigenvalue weighted by Gasteiger charge is 2.09. The maximum absolute atomic E-state index is 6.27. The van der Waals surface area contributed by atoms with Crippen molar-refractivity contribution < 1.29 is 4.74 Å². The first-order valence-corrected chi connectivity index (χ1v) is 7.09. The van der Waals surface area contributed by atoms with Crippen molar-refractivity contribution in [3.8, 4) is 5.75 Å². The average molecular weight is 270 g/mol. The molecule has 0 spiro atoms. The zero-order chi connectivity index (χ0) is 13.5. The normalized spacial score (nSPS) is 12.8. The molecule has 0 aliphatic heterocycles. The quantitative estimate of drug-likeness (QED) is 0.790. The summed E-state index contributed by atoms with van der Waals surface area (Å²) in [5.41, 5.74) is 1.11. The minimum atomic E-state index is 0.255. The van der Waals surface area contributed by atoms with E-state index in [2.05, 4.69) is 26.1 Å². The molecule has 1 N–H and O–H groups in total. The second-order valence-electron chi connectivity index (χ2n) is 4.69. The summed E-state index contributed by atoms with van der Waals surface area (Å²) in [6, 6.07) is 6.20. The van der Waals surface area contributed by atoms with E-state index in [0.29, 0.717) is 5.92 Å². The van der Waals surface area contributed by atoms with Gasteiger partial charge >= 0.3 is 0 Å². The van der Waals surface area contributed by atoms with Gasteiger partial charge in [-0.3, -0.25) is 0 Å². The van der Waals surface area contributed by atoms with E-state index in [-0.39, 0.29) is 6.04 Å². The van der Waals surface area contributed by atoms with Crippen LogP contribution < -0.4 is 10.1 Å². The highest BCUT2D eigenvalue weighted by molar-refractivity contribution is 6.31. The highest BCUT2D eigenvalue weighted by atomic mass is 35.5. The van der Waals surface area contributed by atoms with Crippen LogP contribution in [0.2, 0.25) is 5.02 Å². The Bertz CT molecular complexity index is 364. The zero-order valence-electron chi connectivity index (χ0n) is 11.8. The van der Waals surface area contributed by atoms with Gasteiger partial charge in [0.2, 0.25) is 0 Å². The maximum atomic E-state index is 6.27. The van der Waals surface area contributed by atoms with Gasteiger partial charge in [-0.05, 0) is 37.6 Å². The van der Waals surface area contributed by atoms with E-state index in [4.69, 9.17) is 16.3 Å². The molecule has 2 nitrogen and oxygen atoms in total. The average Bonchev–Trinajstić information content (AvgIpc) is 2.39. The molecule has 0 saturated heterocycles. The van der Waals surface area contributed by atoms with Crippen LogP contribution in [0.4, 0.5) is 0 Å². The summed E-state index contributed by atoms with van der Waals surface area (Å²) in [6.07, 6.45) is 2.30. The number of nitrogens with one attached hydrogen (secondary N) is 1. The number of ether oxygens (including phenoxy) is 1. The Morgan fingerprint density at radius 2 is 1.94 bits per heavy atom. The Morgan fingerprint density at radius 1 is 1.28 bits per heavy atom. The molecular formula is C15H24ClNO. The third-order valence-electron chi connectivity index (χ3n) is 3.51. The van der Waals surface area contributed by atoms with E-state index in [1.54, 1.807) is 0 Å². The lowest BCUT2D eigenvalue weighted by atomic mass is 10.1. The van der Waals surface area contributed by atoms with E-state index in [1.165, 1.54) is 0 Å². The third-order valence-corrected chi connectivity index (χ3v) is 3.84. The number of hydrogen-bond acceptors (Lipinski definition) is 2. The maximum Gasteiger partial charge on any atom is 0.120 e. The van der Waals surface area contributed by atoms with Crippen LogP contribution >= 0.6 is 11.6 Å². The molecule has 0 heterocycles. The lowest BCUT2D eigenvalue weighted by molar-refractivity contribution is 0.240. The molecule has 0 aromatic heterocycles. The predicted octanol–water partition coefficient (Wildman–Crippen LogP) is 4.44. The summed E-state index contributed by atoms with van der Waals surface area (Å²) < 4.78 is 5.79. The van der Waals surface area contributed by atoms with Gasteiger partial charge in [0, 0.05) is 11.1 Å². The lowest BCUT2D eigenvalue weighted by Gasteiger charge is -2.16. The van der Waals surface area contributed by atoms with E-state index in [1.807, 2.05) is 25.2 Å². The molecule has 3 heteroatoms. The molecule has 1 atom stereocenters. The molecular weight excluding hydrogens is 246 g/mol. The topological polar surface area (TPSA) is 21.3 Å². The van der Waals surface area contributed by atoms with Crippen molar-refractivity contribution in [3.63, 3.8) is 0 Å². The van der Waals surface area contributed by atoms with Crippen LogP contribution in [0.1, 0.15) is 45.2 Å². The van der Waals surface area contributed by atoms with Gasteiger partial charge in [0.1, 0.15) is 5.75 Å². The molecule has 0 amide bonds. The van der Waals surface area contributed by atoms with Crippen LogP contribution in [0, 0.1) is 5.92 Å². The van der Waals surface area contributed by atoms with Gasteiger partial charge in [-0.25, -0.2) is 0 Å². The molecule has 1 aromatic rings. The summed E-state index contributed by atoms with van der Waals surface area (Å²) in [7, 11) is 1.93. The van der Waals surface area contributed by atoms with Crippen molar-refractivity contribution in [1.29, 1.82) is 0 Å². The lowest BCUT2D eigenvalue weighted by Crippen LogP contribution is -2.13. The molecule has 102 valence electrons. The monoisotopic (exact) mass is 269 g/mol. The summed E-state index contributed by atoms with van der Waals surface area (Å²) in [5, 5.41) is 3.95. The smallest absolute Gasteiger partial charge is 0.120 e. The van der Waals surface area contributed by atoms with Gasteiger partial charge in [0.05, 0.1) is 6.61 Å². The molecule has 0 fully saturated rings. The fraction of sp³-hybridized carbons (Fsp3) is 0.600. The molecule has 1 unspecified atom stereocenters. The van der Waals surface area contributed by atoms with Gasteiger partial charge in [0.25, 0.3) is 0 Å². The number of benzene rings is 1. The van der Waals surface area contributed by atoms with Crippen molar-refractivity contribution in [2.45, 2.75) is 39.7 Å². The molecule has 0 radical (unpaired) electrons. The standard InChI is InChI=1S/C15H24ClNO/c1-5-12(6-2)10-18-13-7-8-14(11(3)17-4)15(16)9-13/h7-9,11-12,17H,5-6,10H2,1-4H3. The van der Waals surface area contributed by atoms with Crippen LogP contribution in [-0.4, -0.2) is 13.7 Å². The van der Waals surface area contributed by atoms with Crippen LogP contribution in [0.15, 0.2) is 18.2 Å². The Labute approximate surface area is 116 Å². The first-order valence-electron chi connectivity index (χ1n) is 6.71. The second-order valence-corrected chi connectivity index (χ2v) is 5.09. The van der Waals surface area contributed by atoms with Crippen molar-refractivity contribution in [3.05, 3.63) is 28.8 Å². The SMILES string of the molecule is CCC(CC)COc1ccc(C(C)NC)c(Cl)c1. The van der Waals surface area contributed by atoms with Crippen LogP contribution in [0.5, 0.6) is 5.75 Å². The van der Waals surface area contributed by atoms with E-state index in [0.717, 1.165) is 35.8 Å². The number of halogens is 1. The Kier molecular flexibility index (Phi) is 6.51. The molecule has 0 saturated carbocycles. The fourth-order valence-corrected chi connectivity index (χ4v) is 2.18. The predicted molar refractivity (Wildman–Crippen MR) is 78.5 cm³/mol. The van der Waals surface area contributed by atoms with E-state index < -0.39 is 0 Å².